The SMILES string of the molecule is CC(CCCN)C(=O)Nc1ccncc1F. The maximum Gasteiger partial charge on any atom is 0.227 e. The van der Waals surface area contributed by atoms with Gasteiger partial charge in [0.05, 0.1) is 11.9 Å². The number of carbonyl (C=O) groups is 1. The van der Waals surface area contributed by atoms with E-state index >= 15 is 0 Å². The molecule has 0 fully saturated rings. The Morgan fingerprint density at radius 1 is 1.69 bits per heavy atom. The average molecular weight is 225 g/mol. The van der Waals surface area contributed by atoms with Crippen LogP contribution in [-0.4, -0.2) is 17.4 Å². The van der Waals surface area contributed by atoms with E-state index in [1.54, 1.807) is 6.92 Å². The molecule has 0 aliphatic heterocycles. The van der Waals surface area contributed by atoms with Crippen LogP contribution in [0.1, 0.15) is 19.8 Å². The summed E-state index contributed by atoms with van der Waals surface area (Å²) in [6, 6.07) is 1.43. The molecule has 0 saturated carbocycles. The van der Waals surface area contributed by atoms with Gasteiger partial charge >= 0.3 is 0 Å². The molecular formula is C11H16FN3O. The zero-order valence-corrected chi connectivity index (χ0v) is 9.24. The van der Waals surface area contributed by atoms with Crippen molar-refractivity contribution in [3.05, 3.63) is 24.3 Å². The predicted octanol–water partition coefficient (Wildman–Crippen LogP) is 1.53. The van der Waals surface area contributed by atoms with E-state index < -0.39 is 5.82 Å². The first-order chi connectivity index (χ1) is 7.65. The van der Waals surface area contributed by atoms with E-state index in [4.69, 9.17) is 5.73 Å². The molecule has 0 aromatic carbocycles. The minimum absolute atomic E-state index is 0.166. The van der Waals surface area contributed by atoms with Crippen molar-refractivity contribution in [2.75, 3.05) is 11.9 Å². The fourth-order valence-electron chi connectivity index (χ4n) is 1.29. The van der Waals surface area contributed by atoms with Gasteiger partial charge in [0.15, 0.2) is 5.82 Å². The lowest BCUT2D eigenvalue weighted by Crippen LogP contribution is -2.21. The molecule has 1 unspecified atom stereocenters. The number of carbonyl (C=O) groups excluding carboxylic acids is 1. The lowest BCUT2D eigenvalue weighted by molar-refractivity contribution is -0.119. The third kappa shape index (κ3) is 3.58. The molecule has 0 aliphatic rings. The summed E-state index contributed by atoms with van der Waals surface area (Å²) in [5.41, 5.74) is 5.52. The largest absolute Gasteiger partial charge is 0.330 e. The van der Waals surface area contributed by atoms with Crippen LogP contribution in [0, 0.1) is 11.7 Å². The maximum absolute atomic E-state index is 13.2. The third-order valence-electron chi connectivity index (χ3n) is 2.32. The van der Waals surface area contributed by atoms with E-state index in [2.05, 4.69) is 10.3 Å². The number of nitrogens with zero attached hydrogens (tertiary/aromatic N) is 1. The van der Waals surface area contributed by atoms with Crippen molar-refractivity contribution < 1.29 is 9.18 Å². The summed E-state index contributed by atoms with van der Waals surface area (Å²) < 4.78 is 13.2. The van der Waals surface area contributed by atoms with Gasteiger partial charge in [0.2, 0.25) is 5.91 Å². The third-order valence-corrected chi connectivity index (χ3v) is 2.32. The number of amides is 1. The molecule has 1 aromatic heterocycles. The van der Waals surface area contributed by atoms with Crippen molar-refractivity contribution in [2.24, 2.45) is 11.7 Å². The Labute approximate surface area is 94.1 Å². The number of halogens is 1. The molecule has 1 atom stereocenters. The normalized spacial score (nSPS) is 12.2. The van der Waals surface area contributed by atoms with Gasteiger partial charge in [0.1, 0.15) is 0 Å². The summed E-state index contributed by atoms with van der Waals surface area (Å²) in [6.07, 6.45) is 3.99. The van der Waals surface area contributed by atoms with Crippen LogP contribution in [0.2, 0.25) is 0 Å². The second kappa shape index (κ2) is 6.17. The Morgan fingerprint density at radius 2 is 2.44 bits per heavy atom. The highest BCUT2D eigenvalue weighted by molar-refractivity contribution is 5.92. The van der Waals surface area contributed by atoms with E-state index in [0.29, 0.717) is 13.0 Å². The molecule has 1 rings (SSSR count). The first-order valence-electron chi connectivity index (χ1n) is 5.25. The molecule has 4 nitrogen and oxygen atoms in total. The number of hydrogen-bond donors (Lipinski definition) is 2. The number of pyridine rings is 1. The minimum Gasteiger partial charge on any atom is -0.330 e. The van der Waals surface area contributed by atoms with E-state index in [-0.39, 0.29) is 17.5 Å². The maximum atomic E-state index is 13.2. The van der Waals surface area contributed by atoms with Crippen molar-refractivity contribution in [1.29, 1.82) is 0 Å². The van der Waals surface area contributed by atoms with Crippen molar-refractivity contribution in [3.63, 3.8) is 0 Å². The number of rotatable bonds is 5. The van der Waals surface area contributed by atoms with Crippen LogP contribution in [-0.2, 0) is 4.79 Å². The van der Waals surface area contributed by atoms with Crippen molar-refractivity contribution >= 4 is 11.6 Å². The molecule has 0 bridgehead atoms. The molecule has 1 amide bonds. The fourth-order valence-corrected chi connectivity index (χ4v) is 1.29. The minimum atomic E-state index is -0.526. The van der Waals surface area contributed by atoms with E-state index in [9.17, 15) is 9.18 Å². The van der Waals surface area contributed by atoms with E-state index in [1.807, 2.05) is 0 Å². The van der Waals surface area contributed by atoms with Crippen LogP contribution in [0.3, 0.4) is 0 Å². The second-order valence-electron chi connectivity index (χ2n) is 3.68. The van der Waals surface area contributed by atoms with Gasteiger partial charge in [-0.1, -0.05) is 6.92 Å². The smallest absolute Gasteiger partial charge is 0.227 e. The second-order valence-corrected chi connectivity index (χ2v) is 3.68. The van der Waals surface area contributed by atoms with Gasteiger partial charge in [0, 0.05) is 12.1 Å². The van der Waals surface area contributed by atoms with Crippen LogP contribution in [0.5, 0.6) is 0 Å². The Bertz CT molecular complexity index is 357. The average Bonchev–Trinajstić information content (AvgIpc) is 2.28. The van der Waals surface area contributed by atoms with Gasteiger partial charge in [-0.3, -0.25) is 9.78 Å². The van der Waals surface area contributed by atoms with Crippen LogP contribution in [0.4, 0.5) is 10.1 Å². The molecule has 88 valence electrons. The lowest BCUT2D eigenvalue weighted by Gasteiger charge is -2.11. The zero-order valence-electron chi connectivity index (χ0n) is 9.24. The number of nitrogens with one attached hydrogen (secondary N) is 1. The summed E-state index contributed by atoms with van der Waals surface area (Å²) in [7, 11) is 0. The number of aromatic nitrogens is 1. The quantitative estimate of drug-likeness (QED) is 0.798. The molecule has 0 aliphatic carbocycles. The summed E-state index contributed by atoms with van der Waals surface area (Å²) in [5.74, 6) is -0.892. The molecule has 16 heavy (non-hydrogen) atoms. The zero-order chi connectivity index (χ0) is 12.0. The van der Waals surface area contributed by atoms with Crippen LogP contribution in [0.15, 0.2) is 18.5 Å². The number of hydrogen-bond acceptors (Lipinski definition) is 3. The monoisotopic (exact) mass is 225 g/mol. The van der Waals surface area contributed by atoms with Crippen LogP contribution >= 0.6 is 0 Å². The van der Waals surface area contributed by atoms with Gasteiger partial charge in [-0.25, -0.2) is 4.39 Å². The highest BCUT2D eigenvalue weighted by Gasteiger charge is 2.13. The molecular weight excluding hydrogens is 209 g/mol. The molecule has 1 aromatic rings. The highest BCUT2D eigenvalue weighted by Crippen LogP contribution is 2.14. The fraction of sp³-hybridized carbons (Fsp3) is 0.455. The van der Waals surface area contributed by atoms with Gasteiger partial charge < -0.3 is 11.1 Å². The molecule has 0 saturated heterocycles. The molecule has 3 N–H and O–H groups in total. The van der Waals surface area contributed by atoms with Gasteiger partial charge in [-0.15, -0.1) is 0 Å². The Hall–Kier alpha value is -1.49. The standard InChI is InChI=1S/C11H16FN3O/c1-8(3-2-5-13)11(16)15-10-4-6-14-7-9(10)12/h4,6-8H,2-3,5,13H2,1H3,(H,14,15,16). The van der Waals surface area contributed by atoms with E-state index in [0.717, 1.165) is 12.6 Å². The first-order valence-corrected chi connectivity index (χ1v) is 5.25. The van der Waals surface area contributed by atoms with E-state index in [1.165, 1.54) is 12.3 Å². The van der Waals surface area contributed by atoms with Gasteiger partial charge in [-0.2, -0.15) is 0 Å². The molecule has 5 heteroatoms. The first kappa shape index (κ1) is 12.6. The lowest BCUT2D eigenvalue weighted by atomic mass is 10.0. The predicted molar refractivity (Wildman–Crippen MR) is 60.3 cm³/mol. The van der Waals surface area contributed by atoms with Crippen molar-refractivity contribution in [3.8, 4) is 0 Å². The summed E-state index contributed by atoms with van der Waals surface area (Å²) in [5, 5.41) is 2.52. The van der Waals surface area contributed by atoms with Gasteiger partial charge in [-0.05, 0) is 25.5 Å². The van der Waals surface area contributed by atoms with Crippen LogP contribution < -0.4 is 11.1 Å². The molecule has 0 spiro atoms. The van der Waals surface area contributed by atoms with Crippen LogP contribution in [0.25, 0.3) is 0 Å². The summed E-state index contributed by atoms with van der Waals surface area (Å²) in [4.78, 5) is 15.2. The highest BCUT2D eigenvalue weighted by atomic mass is 19.1. The molecule has 0 radical (unpaired) electrons. The van der Waals surface area contributed by atoms with Gasteiger partial charge in [0.25, 0.3) is 0 Å². The topological polar surface area (TPSA) is 68.0 Å². The Kier molecular flexibility index (Phi) is 4.85. The summed E-state index contributed by atoms with van der Waals surface area (Å²) in [6.45, 7) is 2.35. The Balaban J connectivity index is 2.54. The summed E-state index contributed by atoms with van der Waals surface area (Å²) >= 11 is 0. The Morgan fingerprint density at radius 3 is 3.06 bits per heavy atom. The van der Waals surface area contributed by atoms with Crippen molar-refractivity contribution in [1.82, 2.24) is 4.98 Å². The molecule has 1 heterocycles. The van der Waals surface area contributed by atoms with Crippen molar-refractivity contribution in [2.45, 2.75) is 19.8 Å². The number of anilines is 1. The number of nitrogens with two attached hydrogens (primary N) is 1.